The van der Waals surface area contributed by atoms with Gasteiger partial charge in [-0.05, 0) is 35.9 Å². The van der Waals surface area contributed by atoms with Crippen LogP contribution in [0.3, 0.4) is 0 Å². The molecule has 0 aromatic heterocycles. The van der Waals surface area contributed by atoms with Gasteiger partial charge >= 0.3 is 5.97 Å². The number of anilines is 1. The summed E-state index contributed by atoms with van der Waals surface area (Å²) < 4.78 is 11.6. The molecule has 108 valence electrons. The van der Waals surface area contributed by atoms with E-state index >= 15 is 0 Å². The summed E-state index contributed by atoms with van der Waals surface area (Å²) in [6.45, 7) is 0.777. The third-order valence-electron chi connectivity index (χ3n) is 3.13. The highest BCUT2D eigenvalue weighted by molar-refractivity contribution is 9.10. The van der Waals surface area contributed by atoms with Crippen molar-refractivity contribution in [3.8, 4) is 11.5 Å². The van der Waals surface area contributed by atoms with Crippen LogP contribution in [0.4, 0.5) is 5.69 Å². The van der Waals surface area contributed by atoms with E-state index in [2.05, 4.69) is 21.2 Å². The molecule has 6 heteroatoms. The molecule has 0 amide bonds. The number of halogens is 1. The topological polar surface area (TPSA) is 67.8 Å². The standard InChI is InChI=1S/C15H12BrNO4/c16-12-6-14-13(20-8-21-14)5-10(12)7-17-11-3-1-2-9(4-11)15(18)19/h1-6,17H,7-8H2,(H,18,19). The average Bonchev–Trinajstić information content (AvgIpc) is 2.92. The summed E-state index contributed by atoms with van der Waals surface area (Å²) in [5.41, 5.74) is 2.00. The van der Waals surface area contributed by atoms with Crippen LogP contribution in [0.2, 0.25) is 0 Å². The lowest BCUT2D eigenvalue weighted by molar-refractivity contribution is 0.0697. The molecule has 2 aromatic carbocycles. The summed E-state index contributed by atoms with van der Waals surface area (Å²) in [5.74, 6) is 0.496. The van der Waals surface area contributed by atoms with E-state index in [-0.39, 0.29) is 12.4 Å². The van der Waals surface area contributed by atoms with Gasteiger partial charge in [0, 0.05) is 16.7 Å². The molecule has 0 bridgehead atoms. The number of carboxylic acid groups (broad SMARTS) is 1. The Kier molecular flexibility index (Phi) is 3.70. The smallest absolute Gasteiger partial charge is 0.335 e. The van der Waals surface area contributed by atoms with Crippen LogP contribution in [0, 0.1) is 0 Å². The molecule has 2 aromatic rings. The van der Waals surface area contributed by atoms with E-state index in [0.717, 1.165) is 21.5 Å². The van der Waals surface area contributed by atoms with Gasteiger partial charge in [0.05, 0.1) is 5.56 Å². The summed E-state index contributed by atoms with van der Waals surface area (Å²) in [5, 5.41) is 12.2. The van der Waals surface area contributed by atoms with E-state index in [1.807, 2.05) is 18.2 Å². The quantitative estimate of drug-likeness (QED) is 0.884. The fourth-order valence-corrected chi connectivity index (χ4v) is 2.52. The number of carbonyl (C=O) groups is 1. The molecular weight excluding hydrogens is 338 g/mol. The van der Waals surface area contributed by atoms with Gasteiger partial charge in [0.1, 0.15) is 0 Å². The molecule has 0 fully saturated rings. The number of carboxylic acids is 1. The van der Waals surface area contributed by atoms with Gasteiger partial charge in [-0.1, -0.05) is 22.0 Å². The predicted octanol–water partition coefficient (Wildman–Crippen LogP) is 3.49. The molecule has 0 saturated carbocycles. The zero-order valence-electron chi connectivity index (χ0n) is 10.9. The van der Waals surface area contributed by atoms with Crippen LogP contribution in [0.15, 0.2) is 40.9 Å². The number of fused-ring (bicyclic) bond motifs is 1. The molecule has 0 atom stereocenters. The van der Waals surface area contributed by atoms with Crippen LogP contribution in [-0.4, -0.2) is 17.9 Å². The highest BCUT2D eigenvalue weighted by Crippen LogP contribution is 2.37. The molecular formula is C15H12BrNO4. The van der Waals surface area contributed by atoms with Crippen molar-refractivity contribution in [3.63, 3.8) is 0 Å². The largest absolute Gasteiger partial charge is 0.478 e. The molecule has 0 spiro atoms. The molecule has 3 rings (SSSR count). The first-order valence-electron chi connectivity index (χ1n) is 6.29. The zero-order valence-corrected chi connectivity index (χ0v) is 12.5. The van der Waals surface area contributed by atoms with Crippen LogP contribution in [0.5, 0.6) is 11.5 Å². The third-order valence-corrected chi connectivity index (χ3v) is 3.87. The molecule has 1 heterocycles. The van der Waals surface area contributed by atoms with Gasteiger partial charge in [0.15, 0.2) is 11.5 Å². The molecule has 0 radical (unpaired) electrons. The van der Waals surface area contributed by atoms with E-state index in [0.29, 0.717) is 12.3 Å². The Hall–Kier alpha value is -2.21. The van der Waals surface area contributed by atoms with Gasteiger partial charge in [-0.15, -0.1) is 0 Å². The number of benzene rings is 2. The number of hydrogen-bond donors (Lipinski definition) is 2. The first kappa shape index (κ1) is 13.8. The van der Waals surface area contributed by atoms with E-state index in [4.69, 9.17) is 14.6 Å². The number of ether oxygens (including phenoxy) is 2. The molecule has 0 aliphatic carbocycles. The van der Waals surface area contributed by atoms with Gasteiger partial charge in [-0.2, -0.15) is 0 Å². The van der Waals surface area contributed by atoms with Crippen molar-refractivity contribution in [2.45, 2.75) is 6.54 Å². The zero-order chi connectivity index (χ0) is 14.8. The Bertz CT molecular complexity index is 702. The predicted molar refractivity (Wildman–Crippen MR) is 81.0 cm³/mol. The third kappa shape index (κ3) is 2.95. The van der Waals surface area contributed by atoms with Gasteiger partial charge in [-0.25, -0.2) is 4.79 Å². The Morgan fingerprint density at radius 2 is 2.00 bits per heavy atom. The maximum atomic E-state index is 10.9. The SMILES string of the molecule is O=C(O)c1cccc(NCc2cc3c(cc2Br)OCO3)c1. The van der Waals surface area contributed by atoms with Crippen molar-refractivity contribution < 1.29 is 19.4 Å². The summed E-state index contributed by atoms with van der Waals surface area (Å²) in [6.07, 6.45) is 0. The Morgan fingerprint density at radius 1 is 1.24 bits per heavy atom. The second-order valence-corrected chi connectivity index (χ2v) is 5.39. The van der Waals surface area contributed by atoms with Crippen LogP contribution in [0.25, 0.3) is 0 Å². The van der Waals surface area contributed by atoms with E-state index in [1.165, 1.54) is 0 Å². The fourth-order valence-electron chi connectivity index (χ4n) is 2.05. The fraction of sp³-hybridized carbons (Fsp3) is 0.133. The molecule has 0 saturated heterocycles. The number of nitrogens with one attached hydrogen (secondary N) is 1. The number of aromatic carboxylic acids is 1. The number of rotatable bonds is 4. The van der Waals surface area contributed by atoms with Crippen molar-refractivity contribution in [1.29, 1.82) is 0 Å². The number of hydrogen-bond acceptors (Lipinski definition) is 4. The van der Waals surface area contributed by atoms with Crippen molar-refractivity contribution in [3.05, 3.63) is 52.0 Å². The Labute approximate surface area is 129 Å². The van der Waals surface area contributed by atoms with Gasteiger partial charge < -0.3 is 19.9 Å². The minimum atomic E-state index is -0.942. The molecule has 1 aliphatic heterocycles. The summed E-state index contributed by atoms with van der Waals surface area (Å²) in [6, 6.07) is 10.5. The minimum absolute atomic E-state index is 0.235. The molecule has 2 N–H and O–H groups in total. The summed E-state index contributed by atoms with van der Waals surface area (Å²) in [4.78, 5) is 10.9. The molecule has 5 nitrogen and oxygen atoms in total. The van der Waals surface area contributed by atoms with Crippen LogP contribution >= 0.6 is 15.9 Å². The molecule has 0 unspecified atom stereocenters. The first-order chi connectivity index (χ1) is 10.1. The first-order valence-corrected chi connectivity index (χ1v) is 7.08. The van der Waals surface area contributed by atoms with Gasteiger partial charge in [0.25, 0.3) is 0 Å². The lowest BCUT2D eigenvalue weighted by atomic mass is 10.1. The molecule has 21 heavy (non-hydrogen) atoms. The summed E-state index contributed by atoms with van der Waals surface area (Å²) >= 11 is 3.49. The van der Waals surface area contributed by atoms with Crippen LogP contribution < -0.4 is 14.8 Å². The van der Waals surface area contributed by atoms with Crippen molar-refractivity contribution in [1.82, 2.24) is 0 Å². The van der Waals surface area contributed by atoms with Crippen molar-refractivity contribution >= 4 is 27.6 Å². The van der Waals surface area contributed by atoms with Crippen molar-refractivity contribution in [2.24, 2.45) is 0 Å². The Balaban J connectivity index is 1.76. The van der Waals surface area contributed by atoms with Crippen LogP contribution in [-0.2, 0) is 6.54 Å². The van der Waals surface area contributed by atoms with Crippen molar-refractivity contribution in [2.75, 3.05) is 12.1 Å². The second kappa shape index (κ2) is 5.65. The Morgan fingerprint density at radius 3 is 2.76 bits per heavy atom. The van der Waals surface area contributed by atoms with Crippen LogP contribution in [0.1, 0.15) is 15.9 Å². The van der Waals surface area contributed by atoms with Gasteiger partial charge in [-0.3, -0.25) is 0 Å². The maximum absolute atomic E-state index is 10.9. The lowest BCUT2D eigenvalue weighted by Gasteiger charge is -2.10. The average molecular weight is 350 g/mol. The summed E-state index contributed by atoms with van der Waals surface area (Å²) in [7, 11) is 0. The minimum Gasteiger partial charge on any atom is -0.478 e. The second-order valence-electron chi connectivity index (χ2n) is 4.54. The maximum Gasteiger partial charge on any atom is 0.335 e. The van der Waals surface area contributed by atoms with E-state index < -0.39 is 5.97 Å². The highest BCUT2D eigenvalue weighted by atomic mass is 79.9. The lowest BCUT2D eigenvalue weighted by Crippen LogP contribution is -2.02. The monoisotopic (exact) mass is 349 g/mol. The van der Waals surface area contributed by atoms with E-state index in [1.54, 1.807) is 18.2 Å². The van der Waals surface area contributed by atoms with Gasteiger partial charge in [0.2, 0.25) is 6.79 Å². The normalized spacial score (nSPS) is 12.2. The molecule has 1 aliphatic rings. The highest BCUT2D eigenvalue weighted by Gasteiger charge is 2.16. The van der Waals surface area contributed by atoms with E-state index in [9.17, 15) is 4.79 Å².